The van der Waals surface area contributed by atoms with E-state index >= 15 is 0 Å². The predicted molar refractivity (Wildman–Crippen MR) is 78.4 cm³/mol. The smallest absolute Gasteiger partial charge is 0.0930 e. The number of amidine groups is 1. The van der Waals surface area contributed by atoms with Crippen molar-refractivity contribution in [2.24, 2.45) is 4.99 Å². The fraction of sp³-hybridized carbons (Fsp3) is 0.533. The summed E-state index contributed by atoms with van der Waals surface area (Å²) in [6, 6.07) is 8.83. The highest BCUT2D eigenvalue weighted by Crippen LogP contribution is 2.20. The molecule has 0 amide bonds. The Morgan fingerprint density at radius 3 is 2.78 bits per heavy atom. The van der Waals surface area contributed by atoms with Crippen molar-refractivity contribution in [3.8, 4) is 0 Å². The molecule has 1 aliphatic heterocycles. The van der Waals surface area contributed by atoms with Gasteiger partial charge < -0.3 is 10.2 Å². The summed E-state index contributed by atoms with van der Waals surface area (Å²) >= 11 is 0. The Hall–Kier alpha value is -1.51. The quantitative estimate of drug-likeness (QED) is 0.655. The summed E-state index contributed by atoms with van der Waals surface area (Å²) in [5.74, 6) is 0.985. The first-order chi connectivity index (χ1) is 8.79. The van der Waals surface area contributed by atoms with Crippen LogP contribution in [0.3, 0.4) is 0 Å². The van der Waals surface area contributed by atoms with Gasteiger partial charge in [0, 0.05) is 32.4 Å². The minimum absolute atomic E-state index is 0.852. The number of piperidine rings is 1. The van der Waals surface area contributed by atoms with E-state index in [0.717, 1.165) is 12.4 Å². The number of hydrogen-bond donors (Lipinski definition) is 1. The van der Waals surface area contributed by atoms with Crippen LogP contribution in [0.4, 0.5) is 5.69 Å². The van der Waals surface area contributed by atoms with E-state index < -0.39 is 0 Å². The summed E-state index contributed by atoms with van der Waals surface area (Å²) in [6.07, 6.45) is 4.03. The molecule has 1 aliphatic rings. The lowest BCUT2D eigenvalue weighted by Gasteiger charge is -2.29. The first kappa shape index (κ1) is 12.9. The third-order valence-corrected chi connectivity index (χ3v) is 3.52. The Bertz CT molecular complexity index is 406. The van der Waals surface area contributed by atoms with Crippen LogP contribution in [0.25, 0.3) is 0 Å². The Morgan fingerprint density at radius 1 is 1.28 bits per heavy atom. The normalized spacial score (nSPS) is 16.8. The fourth-order valence-corrected chi connectivity index (χ4v) is 2.32. The second-order valence-corrected chi connectivity index (χ2v) is 4.88. The summed E-state index contributed by atoms with van der Waals surface area (Å²) in [5, 5.41) is 3.31. The molecule has 1 fully saturated rings. The molecule has 1 aromatic rings. The third-order valence-electron chi connectivity index (χ3n) is 3.52. The molecule has 0 aliphatic carbocycles. The largest absolute Gasteiger partial charge is 0.372 e. The Labute approximate surface area is 110 Å². The SMILES string of the molecule is CN=C(C)NCc1cccc(N2CCCCC2)c1. The zero-order chi connectivity index (χ0) is 12.8. The van der Waals surface area contributed by atoms with Gasteiger partial charge in [0.15, 0.2) is 0 Å². The maximum absolute atomic E-state index is 4.11. The van der Waals surface area contributed by atoms with Gasteiger partial charge in [-0.2, -0.15) is 0 Å². The number of anilines is 1. The average Bonchev–Trinajstić information content (AvgIpc) is 2.46. The Balaban J connectivity index is 2.00. The van der Waals surface area contributed by atoms with Crippen molar-refractivity contribution >= 4 is 11.5 Å². The summed E-state index contributed by atoms with van der Waals surface area (Å²) in [7, 11) is 1.81. The molecule has 1 aromatic carbocycles. The van der Waals surface area contributed by atoms with E-state index in [-0.39, 0.29) is 0 Å². The monoisotopic (exact) mass is 245 g/mol. The van der Waals surface area contributed by atoms with Gasteiger partial charge in [-0.05, 0) is 43.9 Å². The molecular formula is C15H23N3. The van der Waals surface area contributed by atoms with Crippen LogP contribution in [-0.4, -0.2) is 26.0 Å². The number of rotatable bonds is 3. The number of aliphatic imine (C=N–C) groups is 1. The minimum Gasteiger partial charge on any atom is -0.372 e. The van der Waals surface area contributed by atoms with Gasteiger partial charge in [0.05, 0.1) is 5.84 Å². The van der Waals surface area contributed by atoms with Gasteiger partial charge in [-0.3, -0.25) is 4.99 Å². The standard InChI is InChI=1S/C15H23N3/c1-13(16-2)17-12-14-7-6-8-15(11-14)18-9-4-3-5-10-18/h6-8,11H,3-5,9-10,12H2,1-2H3,(H,16,17). The zero-order valence-electron chi connectivity index (χ0n) is 11.4. The highest BCUT2D eigenvalue weighted by Gasteiger charge is 2.10. The molecule has 1 heterocycles. The van der Waals surface area contributed by atoms with Crippen LogP contribution in [0.2, 0.25) is 0 Å². The highest BCUT2D eigenvalue weighted by molar-refractivity contribution is 5.79. The van der Waals surface area contributed by atoms with Gasteiger partial charge in [0.2, 0.25) is 0 Å². The highest BCUT2D eigenvalue weighted by atomic mass is 15.1. The van der Waals surface area contributed by atoms with Crippen molar-refractivity contribution in [3.63, 3.8) is 0 Å². The van der Waals surface area contributed by atoms with Crippen molar-refractivity contribution in [3.05, 3.63) is 29.8 Å². The second kappa shape index (κ2) is 6.43. The van der Waals surface area contributed by atoms with Crippen molar-refractivity contribution < 1.29 is 0 Å². The molecule has 0 bridgehead atoms. The van der Waals surface area contributed by atoms with Crippen LogP contribution in [0.5, 0.6) is 0 Å². The average molecular weight is 245 g/mol. The maximum Gasteiger partial charge on any atom is 0.0930 e. The molecule has 3 nitrogen and oxygen atoms in total. The molecule has 0 spiro atoms. The fourth-order valence-electron chi connectivity index (χ4n) is 2.32. The third kappa shape index (κ3) is 3.49. The number of nitrogens with zero attached hydrogens (tertiary/aromatic N) is 2. The lowest BCUT2D eigenvalue weighted by atomic mass is 10.1. The van der Waals surface area contributed by atoms with E-state index in [1.165, 1.54) is 43.6 Å². The lowest BCUT2D eigenvalue weighted by Crippen LogP contribution is -2.29. The second-order valence-electron chi connectivity index (χ2n) is 4.88. The van der Waals surface area contributed by atoms with Gasteiger partial charge in [0.1, 0.15) is 0 Å². The van der Waals surface area contributed by atoms with Gasteiger partial charge >= 0.3 is 0 Å². The van der Waals surface area contributed by atoms with E-state index in [9.17, 15) is 0 Å². The van der Waals surface area contributed by atoms with Crippen LogP contribution in [0.15, 0.2) is 29.3 Å². The Kier molecular flexibility index (Phi) is 4.62. The molecule has 98 valence electrons. The van der Waals surface area contributed by atoms with Crippen molar-refractivity contribution in [2.75, 3.05) is 25.0 Å². The van der Waals surface area contributed by atoms with Crippen molar-refractivity contribution in [2.45, 2.75) is 32.7 Å². The van der Waals surface area contributed by atoms with E-state index in [2.05, 4.69) is 39.5 Å². The molecule has 18 heavy (non-hydrogen) atoms. The summed E-state index contributed by atoms with van der Waals surface area (Å²) in [6.45, 7) is 5.25. The summed E-state index contributed by atoms with van der Waals surface area (Å²) in [5.41, 5.74) is 2.68. The zero-order valence-corrected chi connectivity index (χ0v) is 11.4. The number of hydrogen-bond acceptors (Lipinski definition) is 2. The molecule has 0 saturated carbocycles. The molecular weight excluding hydrogens is 222 g/mol. The van der Waals surface area contributed by atoms with E-state index in [0.29, 0.717) is 0 Å². The van der Waals surface area contributed by atoms with Gasteiger partial charge in [-0.15, -0.1) is 0 Å². The van der Waals surface area contributed by atoms with E-state index in [1.54, 1.807) is 0 Å². The first-order valence-electron chi connectivity index (χ1n) is 6.81. The molecule has 0 radical (unpaired) electrons. The maximum atomic E-state index is 4.11. The molecule has 1 N–H and O–H groups in total. The van der Waals surface area contributed by atoms with Gasteiger partial charge in [-0.25, -0.2) is 0 Å². The molecule has 0 atom stereocenters. The molecule has 2 rings (SSSR count). The van der Waals surface area contributed by atoms with E-state index in [1.807, 2.05) is 14.0 Å². The van der Waals surface area contributed by atoms with Crippen LogP contribution < -0.4 is 10.2 Å². The predicted octanol–water partition coefficient (Wildman–Crippen LogP) is 2.81. The molecule has 0 unspecified atom stereocenters. The molecule has 1 saturated heterocycles. The van der Waals surface area contributed by atoms with Crippen LogP contribution in [-0.2, 0) is 6.54 Å². The first-order valence-corrected chi connectivity index (χ1v) is 6.81. The van der Waals surface area contributed by atoms with E-state index in [4.69, 9.17) is 0 Å². The van der Waals surface area contributed by atoms with Gasteiger partial charge in [-0.1, -0.05) is 12.1 Å². The summed E-state index contributed by atoms with van der Waals surface area (Å²) < 4.78 is 0. The van der Waals surface area contributed by atoms with Crippen LogP contribution >= 0.6 is 0 Å². The van der Waals surface area contributed by atoms with Crippen LogP contribution in [0, 0.1) is 0 Å². The lowest BCUT2D eigenvalue weighted by molar-refractivity contribution is 0.577. The number of nitrogens with one attached hydrogen (secondary N) is 1. The van der Waals surface area contributed by atoms with Crippen molar-refractivity contribution in [1.82, 2.24) is 5.32 Å². The summed E-state index contributed by atoms with van der Waals surface area (Å²) in [4.78, 5) is 6.60. The number of benzene rings is 1. The topological polar surface area (TPSA) is 27.6 Å². The minimum atomic E-state index is 0.852. The Morgan fingerprint density at radius 2 is 2.06 bits per heavy atom. The molecule has 3 heteroatoms. The van der Waals surface area contributed by atoms with Crippen molar-refractivity contribution in [1.29, 1.82) is 0 Å². The van der Waals surface area contributed by atoms with Crippen LogP contribution in [0.1, 0.15) is 31.7 Å². The van der Waals surface area contributed by atoms with Gasteiger partial charge in [0.25, 0.3) is 0 Å². The molecule has 0 aromatic heterocycles.